The molecule has 5 nitrogen and oxygen atoms in total. The zero-order valence-corrected chi connectivity index (χ0v) is 12.6. The minimum absolute atomic E-state index is 0.111. The molecule has 1 aromatic carbocycles. The number of nitrogens with zero attached hydrogens (tertiary/aromatic N) is 2. The molecule has 0 atom stereocenters. The van der Waals surface area contributed by atoms with E-state index >= 15 is 0 Å². The van der Waals surface area contributed by atoms with E-state index in [-0.39, 0.29) is 18.9 Å². The Labute approximate surface area is 129 Å². The standard InChI is InChI=1S/C17H18N2O3/c1-12-5-3-6-13(2)16(12)19(10-8-15(20)21)17(22)14-7-4-9-18-11-14/h3-7,9,11H,8,10H2,1-2H3,(H,20,21). The van der Waals surface area contributed by atoms with E-state index in [4.69, 9.17) is 5.11 Å². The van der Waals surface area contributed by atoms with Gasteiger partial charge in [0.05, 0.1) is 12.0 Å². The number of hydrogen-bond donors (Lipinski definition) is 1. The molecule has 0 aliphatic carbocycles. The van der Waals surface area contributed by atoms with Gasteiger partial charge in [0.1, 0.15) is 0 Å². The smallest absolute Gasteiger partial charge is 0.305 e. The summed E-state index contributed by atoms with van der Waals surface area (Å²) in [6, 6.07) is 9.10. The van der Waals surface area contributed by atoms with E-state index in [1.165, 1.54) is 11.1 Å². The number of carboxylic acids is 1. The summed E-state index contributed by atoms with van der Waals surface area (Å²) in [5, 5.41) is 8.95. The summed E-state index contributed by atoms with van der Waals surface area (Å²) < 4.78 is 0. The van der Waals surface area contributed by atoms with Crippen molar-refractivity contribution in [3.8, 4) is 0 Å². The lowest BCUT2D eigenvalue weighted by Gasteiger charge is -2.25. The van der Waals surface area contributed by atoms with Crippen LogP contribution in [0.2, 0.25) is 0 Å². The molecule has 0 aliphatic heterocycles. The molecular formula is C17H18N2O3. The molecule has 5 heteroatoms. The third-order valence-corrected chi connectivity index (χ3v) is 3.41. The van der Waals surface area contributed by atoms with Gasteiger partial charge in [-0.05, 0) is 37.1 Å². The van der Waals surface area contributed by atoms with E-state index < -0.39 is 5.97 Å². The number of pyridine rings is 1. The molecule has 22 heavy (non-hydrogen) atoms. The molecule has 0 unspecified atom stereocenters. The molecule has 0 saturated carbocycles. The van der Waals surface area contributed by atoms with Crippen molar-refractivity contribution < 1.29 is 14.7 Å². The van der Waals surface area contributed by atoms with E-state index in [0.717, 1.165) is 16.8 Å². The Bertz CT molecular complexity index is 663. The van der Waals surface area contributed by atoms with Gasteiger partial charge in [0, 0.05) is 24.6 Å². The predicted molar refractivity (Wildman–Crippen MR) is 84.1 cm³/mol. The molecule has 2 aromatic rings. The van der Waals surface area contributed by atoms with Gasteiger partial charge in [-0.15, -0.1) is 0 Å². The van der Waals surface area contributed by atoms with Crippen molar-refractivity contribution in [1.29, 1.82) is 0 Å². The van der Waals surface area contributed by atoms with Gasteiger partial charge in [-0.3, -0.25) is 14.6 Å². The largest absolute Gasteiger partial charge is 0.481 e. The maximum atomic E-state index is 12.8. The second-order valence-corrected chi connectivity index (χ2v) is 5.08. The molecule has 1 N–H and O–H groups in total. The first-order chi connectivity index (χ1) is 10.5. The van der Waals surface area contributed by atoms with Crippen molar-refractivity contribution in [3.05, 3.63) is 59.4 Å². The number of amides is 1. The lowest BCUT2D eigenvalue weighted by molar-refractivity contribution is -0.136. The summed E-state index contributed by atoms with van der Waals surface area (Å²) in [7, 11) is 0. The van der Waals surface area contributed by atoms with Crippen molar-refractivity contribution in [2.75, 3.05) is 11.4 Å². The molecule has 0 radical (unpaired) electrons. The summed E-state index contributed by atoms with van der Waals surface area (Å²) in [5.74, 6) is -1.18. The van der Waals surface area contributed by atoms with Crippen LogP contribution in [-0.2, 0) is 4.79 Å². The van der Waals surface area contributed by atoms with Gasteiger partial charge in [0.2, 0.25) is 0 Å². The molecule has 1 aromatic heterocycles. The average molecular weight is 298 g/mol. The van der Waals surface area contributed by atoms with Crippen LogP contribution >= 0.6 is 0 Å². The van der Waals surface area contributed by atoms with Crippen LogP contribution < -0.4 is 4.90 Å². The number of hydrogen-bond acceptors (Lipinski definition) is 3. The van der Waals surface area contributed by atoms with E-state index in [1.807, 2.05) is 32.0 Å². The number of rotatable bonds is 5. The van der Waals surface area contributed by atoms with Gasteiger partial charge < -0.3 is 10.0 Å². The number of carbonyl (C=O) groups excluding carboxylic acids is 1. The zero-order chi connectivity index (χ0) is 16.1. The Balaban J connectivity index is 2.43. The van der Waals surface area contributed by atoms with Crippen LogP contribution in [0.3, 0.4) is 0 Å². The minimum atomic E-state index is -0.935. The molecular weight excluding hydrogens is 280 g/mol. The van der Waals surface area contributed by atoms with Gasteiger partial charge in [0.25, 0.3) is 5.91 Å². The zero-order valence-electron chi connectivity index (χ0n) is 12.6. The molecule has 0 bridgehead atoms. The molecule has 1 amide bonds. The minimum Gasteiger partial charge on any atom is -0.481 e. The highest BCUT2D eigenvalue weighted by atomic mass is 16.4. The summed E-state index contributed by atoms with van der Waals surface area (Å²) >= 11 is 0. The highest BCUT2D eigenvalue weighted by Crippen LogP contribution is 2.26. The van der Waals surface area contributed by atoms with Crippen LogP contribution in [0.4, 0.5) is 5.69 Å². The van der Waals surface area contributed by atoms with Crippen LogP contribution in [0.25, 0.3) is 0 Å². The summed E-state index contributed by atoms with van der Waals surface area (Å²) in [6.45, 7) is 3.94. The van der Waals surface area contributed by atoms with E-state index in [0.29, 0.717) is 5.56 Å². The first-order valence-corrected chi connectivity index (χ1v) is 7.00. The molecule has 0 saturated heterocycles. The van der Waals surface area contributed by atoms with E-state index in [2.05, 4.69) is 4.98 Å². The van der Waals surface area contributed by atoms with Crippen molar-refractivity contribution >= 4 is 17.6 Å². The second kappa shape index (κ2) is 6.85. The van der Waals surface area contributed by atoms with Crippen molar-refractivity contribution in [3.63, 3.8) is 0 Å². The van der Waals surface area contributed by atoms with Gasteiger partial charge in [-0.25, -0.2) is 0 Å². The number of benzene rings is 1. The van der Waals surface area contributed by atoms with Crippen LogP contribution in [0.1, 0.15) is 27.9 Å². The Morgan fingerprint density at radius 2 is 1.82 bits per heavy atom. The number of anilines is 1. The number of carboxylic acid groups (broad SMARTS) is 1. The first kappa shape index (κ1) is 15.7. The number of carbonyl (C=O) groups is 2. The van der Waals surface area contributed by atoms with Crippen LogP contribution in [-0.4, -0.2) is 28.5 Å². The summed E-state index contributed by atoms with van der Waals surface area (Å²) in [4.78, 5) is 29.2. The summed E-state index contributed by atoms with van der Waals surface area (Å²) in [6.07, 6.45) is 2.97. The first-order valence-electron chi connectivity index (χ1n) is 7.00. The lowest BCUT2D eigenvalue weighted by atomic mass is 10.1. The monoisotopic (exact) mass is 298 g/mol. The lowest BCUT2D eigenvalue weighted by Crippen LogP contribution is -2.34. The third-order valence-electron chi connectivity index (χ3n) is 3.41. The fourth-order valence-electron chi connectivity index (χ4n) is 2.40. The third kappa shape index (κ3) is 3.49. The predicted octanol–water partition coefficient (Wildman–Crippen LogP) is 2.82. The maximum Gasteiger partial charge on any atom is 0.305 e. The van der Waals surface area contributed by atoms with E-state index in [9.17, 15) is 9.59 Å². The van der Waals surface area contributed by atoms with Gasteiger partial charge in [-0.2, -0.15) is 0 Å². The van der Waals surface area contributed by atoms with Crippen LogP contribution in [0.15, 0.2) is 42.7 Å². The SMILES string of the molecule is Cc1cccc(C)c1N(CCC(=O)O)C(=O)c1cccnc1. The molecule has 0 spiro atoms. The highest BCUT2D eigenvalue weighted by Gasteiger charge is 2.21. The topological polar surface area (TPSA) is 70.5 Å². The van der Waals surface area contributed by atoms with Crippen LogP contribution in [0, 0.1) is 13.8 Å². The number of aromatic nitrogens is 1. The molecule has 0 fully saturated rings. The molecule has 1 heterocycles. The average Bonchev–Trinajstić information content (AvgIpc) is 2.50. The Morgan fingerprint density at radius 3 is 2.36 bits per heavy atom. The maximum absolute atomic E-state index is 12.8. The fraction of sp³-hybridized carbons (Fsp3) is 0.235. The molecule has 114 valence electrons. The van der Waals surface area contributed by atoms with Crippen molar-refractivity contribution in [2.45, 2.75) is 20.3 Å². The van der Waals surface area contributed by atoms with Crippen LogP contribution in [0.5, 0.6) is 0 Å². The highest BCUT2D eigenvalue weighted by molar-refractivity contribution is 6.06. The fourth-order valence-corrected chi connectivity index (χ4v) is 2.40. The van der Waals surface area contributed by atoms with Gasteiger partial charge >= 0.3 is 5.97 Å². The van der Waals surface area contributed by atoms with Crippen molar-refractivity contribution in [1.82, 2.24) is 4.98 Å². The van der Waals surface area contributed by atoms with Crippen molar-refractivity contribution in [2.24, 2.45) is 0 Å². The second-order valence-electron chi connectivity index (χ2n) is 5.08. The Kier molecular flexibility index (Phi) is 4.88. The van der Waals surface area contributed by atoms with Gasteiger partial charge in [0.15, 0.2) is 0 Å². The number of aryl methyl sites for hydroxylation is 2. The van der Waals surface area contributed by atoms with Gasteiger partial charge in [-0.1, -0.05) is 18.2 Å². The summed E-state index contributed by atoms with van der Waals surface area (Å²) in [5.41, 5.74) is 3.07. The molecule has 2 rings (SSSR count). The van der Waals surface area contributed by atoms with E-state index in [1.54, 1.807) is 18.3 Å². The Morgan fingerprint density at radius 1 is 1.14 bits per heavy atom. The quantitative estimate of drug-likeness (QED) is 0.921. The Hall–Kier alpha value is -2.69. The molecule has 0 aliphatic rings. The normalized spacial score (nSPS) is 10.3. The number of para-hydroxylation sites is 1. The number of aliphatic carboxylic acids is 1.